The van der Waals surface area contributed by atoms with Crippen LogP contribution in [0.1, 0.15) is 52.9 Å². The van der Waals surface area contributed by atoms with Crippen molar-refractivity contribution in [2.24, 2.45) is 17.6 Å². The molecule has 0 heterocycles. The van der Waals surface area contributed by atoms with Crippen LogP contribution in [0.15, 0.2) is 0 Å². The molecule has 0 saturated heterocycles. The average Bonchev–Trinajstić information content (AvgIpc) is 2.21. The van der Waals surface area contributed by atoms with Crippen LogP contribution in [0.5, 0.6) is 0 Å². The SMILES string of the molecule is CC(C)C(C)NC(=O)CC1CCCCC1N. The van der Waals surface area contributed by atoms with E-state index in [0.29, 0.717) is 18.3 Å². The number of amides is 1. The first-order valence-corrected chi connectivity index (χ1v) is 6.55. The van der Waals surface area contributed by atoms with Crippen LogP contribution >= 0.6 is 0 Å². The van der Waals surface area contributed by atoms with Crippen LogP contribution in [0.3, 0.4) is 0 Å². The molecule has 1 fully saturated rings. The zero-order chi connectivity index (χ0) is 12.1. The highest BCUT2D eigenvalue weighted by Gasteiger charge is 2.24. The molecule has 1 aliphatic rings. The van der Waals surface area contributed by atoms with Gasteiger partial charge in [-0.1, -0.05) is 26.7 Å². The fraction of sp³-hybridized carbons (Fsp3) is 0.923. The molecular formula is C13H26N2O. The predicted octanol–water partition coefficient (Wildman–Crippen LogP) is 2.05. The van der Waals surface area contributed by atoms with Crippen molar-refractivity contribution in [2.75, 3.05) is 0 Å². The summed E-state index contributed by atoms with van der Waals surface area (Å²) in [7, 11) is 0. The molecule has 0 spiro atoms. The van der Waals surface area contributed by atoms with Crippen LogP contribution in [-0.2, 0) is 4.79 Å². The van der Waals surface area contributed by atoms with Gasteiger partial charge >= 0.3 is 0 Å². The lowest BCUT2D eigenvalue weighted by atomic mass is 9.83. The number of hydrogen-bond donors (Lipinski definition) is 2. The van der Waals surface area contributed by atoms with Gasteiger partial charge in [0.25, 0.3) is 0 Å². The molecule has 3 nitrogen and oxygen atoms in total. The zero-order valence-electron chi connectivity index (χ0n) is 10.8. The molecule has 16 heavy (non-hydrogen) atoms. The second-order valence-electron chi connectivity index (χ2n) is 5.51. The highest BCUT2D eigenvalue weighted by atomic mass is 16.1. The van der Waals surface area contributed by atoms with E-state index in [9.17, 15) is 4.79 Å². The van der Waals surface area contributed by atoms with Gasteiger partial charge in [-0.2, -0.15) is 0 Å². The number of carbonyl (C=O) groups excluding carboxylic acids is 1. The first-order chi connectivity index (χ1) is 7.50. The zero-order valence-corrected chi connectivity index (χ0v) is 10.8. The van der Waals surface area contributed by atoms with E-state index in [1.807, 2.05) is 0 Å². The Morgan fingerprint density at radius 3 is 2.50 bits per heavy atom. The van der Waals surface area contributed by atoms with Gasteiger partial charge in [0.15, 0.2) is 0 Å². The predicted molar refractivity (Wildman–Crippen MR) is 67.0 cm³/mol. The highest BCUT2D eigenvalue weighted by molar-refractivity contribution is 5.76. The van der Waals surface area contributed by atoms with Crippen molar-refractivity contribution in [3.63, 3.8) is 0 Å². The molecule has 0 aliphatic heterocycles. The molecule has 0 aromatic rings. The second-order valence-corrected chi connectivity index (χ2v) is 5.51. The molecule has 94 valence electrons. The minimum Gasteiger partial charge on any atom is -0.353 e. The maximum Gasteiger partial charge on any atom is 0.220 e. The van der Waals surface area contributed by atoms with Gasteiger partial charge in [0.2, 0.25) is 5.91 Å². The maximum atomic E-state index is 11.8. The molecule has 1 rings (SSSR count). The van der Waals surface area contributed by atoms with E-state index in [4.69, 9.17) is 5.73 Å². The van der Waals surface area contributed by atoms with E-state index in [-0.39, 0.29) is 18.0 Å². The van der Waals surface area contributed by atoms with Crippen LogP contribution in [0, 0.1) is 11.8 Å². The Kier molecular flexibility index (Phi) is 5.26. The molecule has 3 atom stereocenters. The number of nitrogens with one attached hydrogen (secondary N) is 1. The molecule has 0 aromatic carbocycles. The Morgan fingerprint density at radius 2 is 1.94 bits per heavy atom. The first-order valence-electron chi connectivity index (χ1n) is 6.55. The van der Waals surface area contributed by atoms with Crippen LogP contribution in [0.25, 0.3) is 0 Å². The summed E-state index contributed by atoms with van der Waals surface area (Å²) in [6, 6.07) is 0.487. The van der Waals surface area contributed by atoms with Crippen molar-refractivity contribution in [1.29, 1.82) is 0 Å². The highest BCUT2D eigenvalue weighted by Crippen LogP contribution is 2.25. The van der Waals surface area contributed by atoms with E-state index < -0.39 is 0 Å². The van der Waals surface area contributed by atoms with Gasteiger partial charge in [0, 0.05) is 18.5 Å². The van der Waals surface area contributed by atoms with Crippen molar-refractivity contribution in [2.45, 2.75) is 65.0 Å². The van der Waals surface area contributed by atoms with E-state index in [1.165, 1.54) is 12.8 Å². The van der Waals surface area contributed by atoms with Gasteiger partial charge in [0.05, 0.1) is 0 Å². The third kappa shape index (κ3) is 4.12. The Balaban J connectivity index is 2.32. The summed E-state index contributed by atoms with van der Waals surface area (Å²) >= 11 is 0. The summed E-state index contributed by atoms with van der Waals surface area (Å²) in [5.74, 6) is 1.06. The third-order valence-corrected chi connectivity index (χ3v) is 3.80. The number of rotatable bonds is 4. The molecule has 0 aromatic heterocycles. The molecule has 0 radical (unpaired) electrons. The normalized spacial score (nSPS) is 27.8. The van der Waals surface area contributed by atoms with Gasteiger partial charge in [-0.25, -0.2) is 0 Å². The fourth-order valence-electron chi connectivity index (χ4n) is 2.21. The molecule has 1 saturated carbocycles. The standard InChI is InChI=1S/C13H26N2O/c1-9(2)10(3)15-13(16)8-11-6-4-5-7-12(11)14/h9-12H,4-8,14H2,1-3H3,(H,15,16). The van der Waals surface area contributed by atoms with E-state index in [2.05, 4.69) is 26.1 Å². The van der Waals surface area contributed by atoms with Crippen molar-refractivity contribution in [3.8, 4) is 0 Å². The molecule has 0 bridgehead atoms. The molecule has 3 unspecified atom stereocenters. The second kappa shape index (κ2) is 6.24. The average molecular weight is 226 g/mol. The minimum atomic E-state index is 0.170. The monoisotopic (exact) mass is 226 g/mol. The Labute approximate surface area is 99.2 Å². The van der Waals surface area contributed by atoms with Gasteiger partial charge in [-0.3, -0.25) is 4.79 Å². The summed E-state index contributed by atoms with van der Waals surface area (Å²) in [5, 5.41) is 3.05. The Bertz CT molecular complexity index is 228. The summed E-state index contributed by atoms with van der Waals surface area (Å²) in [4.78, 5) is 11.8. The first kappa shape index (κ1) is 13.5. The molecule has 3 N–H and O–H groups in total. The van der Waals surface area contributed by atoms with Gasteiger partial charge < -0.3 is 11.1 Å². The number of hydrogen-bond acceptors (Lipinski definition) is 2. The van der Waals surface area contributed by atoms with Crippen molar-refractivity contribution < 1.29 is 4.79 Å². The fourth-order valence-corrected chi connectivity index (χ4v) is 2.21. The number of nitrogens with two attached hydrogens (primary N) is 1. The van der Waals surface area contributed by atoms with Gasteiger partial charge in [0.1, 0.15) is 0 Å². The van der Waals surface area contributed by atoms with E-state index in [1.54, 1.807) is 0 Å². The smallest absolute Gasteiger partial charge is 0.220 e. The van der Waals surface area contributed by atoms with Gasteiger partial charge in [-0.15, -0.1) is 0 Å². The van der Waals surface area contributed by atoms with E-state index in [0.717, 1.165) is 12.8 Å². The third-order valence-electron chi connectivity index (χ3n) is 3.80. The quantitative estimate of drug-likeness (QED) is 0.771. The maximum absolute atomic E-state index is 11.8. The summed E-state index contributed by atoms with van der Waals surface area (Å²) in [6.45, 7) is 6.30. The lowest BCUT2D eigenvalue weighted by Gasteiger charge is -2.28. The Morgan fingerprint density at radius 1 is 1.31 bits per heavy atom. The lowest BCUT2D eigenvalue weighted by molar-refractivity contribution is -0.123. The molecule has 3 heteroatoms. The van der Waals surface area contributed by atoms with Crippen LogP contribution in [0.4, 0.5) is 0 Å². The van der Waals surface area contributed by atoms with Crippen molar-refractivity contribution >= 4 is 5.91 Å². The van der Waals surface area contributed by atoms with Crippen LogP contribution in [-0.4, -0.2) is 18.0 Å². The largest absolute Gasteiger partial charge is 0.353 e. The van der Waals surface area contributed by atoms with Gasteiger partial charge in [-0.05, 0) is 31.6 Å². The topological polar surface area (TPSA) is 55.1 Å². The summed E-state index contributed by atoms with van der Waals surface area (Å²) in [5.41, 5.74) is 6.04. The summed E-state index contributed by atoms with van der Waals surface area (Å²) in [6.07, 6.45) is 5.26. The Hall–Kier alpha value is -0.570. The van der Waals surface area contributed by atoms with E-state index >= 15 is 0 Å². The molecule has 1 aliphatic carbocycles. The molecular weight excluding hydrogens is 200 g/mol. The van der Waals surface area contributed by atoms with Crippen LogP contribution < -0.4 is 11.1 Å². The lowest BCUT2D eigenvalue weighted by Crippen LogP contribution is -2.40. The summed E-state index contributed by atoms with van der Waals surface area (Å²) < 4.78 is 0. The van der Waals surface area contributed by atoms with Crippen molar-refractivity contribution in [3.05, 3.63) is 0 Å². The number of carbonyl (C=O) groups is 1. The minimum absolute atomic E-state index is 0.170. The van der Waals surface area contributed by atoms with Crippen LogP contribution in [0.2, 0.25) is 0 Å². The van der Waals surface area contributed by atoms with Crippen molar-refractivity contribution in [1.82, 2.24) is 5.32 Å². The molecule has 1 amide bonds.